The topological polar surface area (TPSA) is 68.4 Å². The Balaban J connectivity index is 1.69. The largest absolute Gasteiger partial charge is 0.325 e. The van der Waals surface area contributed by atoms with E-state index in [-0.39, 0.29) is 24.4 Å². The Hall–Kier alpha value is -3.48. The van der Waals surface area contributed by atoms with Crippen LogP contribution < -0.4 is 10.9 Å². The zero-order valence-corrected chi connectivity index (χ0v) is 13.7. The molecule has 0 bridgehead atoms. The summed E-state index contributed by atoms with van der Waals surface area (Å²) in [7, 11) is 0. The van der Waals surface area contributed by atoms with Crippen LogP contribution in [-0.2, 0) is 11.3 Å². The molecule has 0 radical (unpaired) electrons. The number of carbonyl (C=O) groups is 1. The quantitative estimate of drug-likeness (QED) is 0.615. The number of fused-ring (bicyclic) bond motifs is 3. The van der Waals surface area contributed by atoms with Gasteiger partial charge in [-0.25, -0.2) is 4.39 Å². The number of aromatic nitrogens is 3. The van der Waals surface area contributed by atoms with Crippen molar-refractivity contribution < 1.29 is 9.18 Å². The predicted octanol–water partition coefficient (Wildman–Crippen LogP) is 2.82. The normalized spacial score (nSPS) is 11.1. The minimum absolute atomic E-state index is 0.0807. The van der Waals surface area contributed by atoms with Crippen LogP contribution in [0.1, 0.15) is 6.42 Å². The van der Waals surface area contributed by atoms with E-state index in [1.54, 1.807) is 53.3 Å². The fourth-order valence-corrected chi connectivity index (χ4v) is 3.02. The van der Waals surface area contributed by atoms with Gasteiger partial charge in [-0.05, 0) is 42.5 Å². The zero-order valence-electron chi connectivity index (χ0n) is 13.7. The lowest BCUT2D eigenvalue weighted by Crippen LogP contribution is -2.25. The Kier molecular flexibility index (Phi) is 3.96. The molecule has 0 aliphatic heterocycles. The van der Waals surface area contributed by atoms with Crippen LogP contribution in [0.25, 0.3) is 16.6 Å². The number of hydrogen-bond donors (Lipinski definition) is 1. The minimum atomic E-state index is -0.433. The maximum absolute atomic E-state index is 13.7. The minimum Gasteiger partial charge on any atom is -0.325 e. The van der Waals surface area contributed by atoms with E-state index in [4.69, 9.17) is 0 Å². The number of carbonyl (C=O) groups excluding carboxylic acids is 1. The highest BCUT2D eigenvalue weighted by Crippen LogP contribution is 2.17. The van der Waals surface area contributed by atoms with Gasteiger partial charge in [0.2, 0.25) is 5.91 Å². The van der Waals surface area contributed by atoms with Gasteiger partial charge < -0.3 is 14.3 Å². The van der Waals surface area contributed by atoms with Gasteiger partial charge in [0, 0.05) is 25.4 Å². The molecule has 4 rings (SSSR count). The summed E-state index contributed by atoms with van der Waals surface area (Å²) >= 11 is 0. The summed E-state index contributed by atoms with van der Waals surface area (Å²) in [6.45, 7) is 0.145. The van der Waals surface area contributed by atoms with Gasteiger partial charge in [0.15, 0.2) is 0 Å². The molecule has 3 aromatic heterocycles. The van der Waals surface area contributed by atoms with Crippen molar-refractivity contribution in [2.75, 3.05) is 5.32 Å². The Morgan fingerprint density at radius 3 is 2.81 bits per heavy atom. The van der Waals surface area contributed by atoms with Gasteiger partial charge >= 0.3 is 0 Å². The summed E-state index contributed by atoms with van der Waals surface area (Å²) in [5.41, 5.74) is 1.97. The first-order valence-corrected chi connectivity index (χ1v) is 8.12. The second-order valence-electron chi connectivity index (χ2n) is 5.89. The van der Waals surface area contributed by atoms with Crippen molar-refractivity contribution in [2.24, 2.45) is 0 Å². The molecule has 4 aromatic rings. The summed E-state index contributed by atoms with van der Waals surface area (Å²) in [6.07, 6.45) is 5.00. The number of hydrogen-bond acceptors (Lipinski definition) is 3. The van der Waals surface area contributed by atoms with E-state index in [1.165, 1.54) is 16.7 Å². The average Bonchev–Trinajstić information content (AvgIpc) is 3.12. The van der Waals surface area contributed by atoms with Crippen molar-refractivity contribution >= 4 is 28.1 Å². The second kappa shape index (κ2) is 6.44. The van der Waals surface area contributed by atoms with Crippen LogP contribution in [-0.4, -0.2) is 19.9 Å². The third-order valence-electron chi connectivity index (χ3n) is 4.21. The van der Waals surface area contributed by atoms with Crippen molar-refractivity contribution in [3.8, 4) is 0 Å². The number of anilines is 1. The van der Waals surface area contributed by atoms with Crippen LogP contribution >= 0.6 is 0 Å². The van der Waals surface area contributed by atoms with Crippen LogP contribution in [0.4, 0.5) is 10.1 Å². The van der Waals surface area contributed by atoms with Gasteiger partial charge in [0.1, 0.15) is 11.3 Å². The number of nitrogens with zero attached hydrogens (tertiary/aromatic N) is 3. The fourth-order valence-electron chi connectivity index (χ4n) is 3.02. The maximum atomic E-state index is 13.7. The molecule has 0 unspecified atom stereocenters. The first kappa shape index (κ1) is 16.0. The third kappa shape index (κ3) is 2.83. The third-order valence-corrected chi connectivity index (χ3v) is 4.21. The van der Waals surface area contributed by atoms with E-state index in [9.17, 15) is 14.0 Å². The van der Waals surface area contributed by atoms with E-state index in [1.807, 2.05) is 0 Å². The van der Waals surface area contributed by atoms with E-state index in [2.05, 4.69) is 10.3 Å². The molecule has 0 spiro atoms. The second-order valence-corrected chi connectivity index (χ2v) is 5.89. The number of halogens is 1. The lowest BCUT2D eigenvalue weighted by atomic mass is 10.2. The van der Waals surface area contributed by atoms with Crippen LogP contribution in [0.2, 0.25) is 0 Å². The van der Waals surface area contributed by atoms with Crippen LogP contribution in [0.15, 0.2) is 65.8 Å². The van der Waals surface area contributed by atoms with Crippen molar-refractivity contribution in [3.05, 3.63) is 77.2 Å². The van der Waals surface area contributed by atoms with Gasteiger partial charge in [-0.1, -0.05) is 0 Å². The number of nitrogens with one attached hydrogen (secondary N) is 1. The molecule has 7 heteroatoms. The number of aryl methyl sites for hydroxylation is 1. The SMILES string of the molecule is O=C(CCn1c(=O)c2cccn2c2ccc(F)cc21)Nc1cccnc1. The number of benzene rings is 1. The van der Waals surface area contributed by atoms with Crippen LogP contribution in [0.3, 0.4) is 0 Å². The lowest BCUT2D eigenvalue weighted by molar-refractivity contribution is -0.116. The van der Waals surface area contributed by atoms with Gasteiger partial charge in [-0.3, -0.25) is 14.6 Å². The molecular formula is C19H15FN4O2. The molecule has 0 fully saturated rings. The summed E-state index contributed by atoms with van der Waals surface area (Å²) in [4.78, 5) is 28.9. The molecule has 0 aliphatic carbocycles. The fraction of sp³-hybridized carbons (Fsp3) is 0.105. The number of pyridine rings is 1. The summed E-state index contributed by atoms with van der Waals surface area (Å²) < 4.78 is 16.9. The molecule has 1 amide bonds. The predicted molar refractivity (Wildman–Crippen MR) is 96.6 cm³/mol. The van der Waals surface area contributed by atoms with Crippen LogP contribution in [0.5, 0.6) is 0 Å². The Labute approximate surface area is 147 Å². The summed E-state index contributed by atoms with van der Waals surface area (Å²) in [6, 6.07) is 11.2. The first-order chi connectivity index (χ1) is 12.6. The molecule has 0 atom stereocenters. The van der Waals surface area contributed by atoms with Gasteiger partial charge in [0.05, 0.1) is 22.9 Å². The molecule has 26 heavy (non-hydrogen) atoms. The summed E-state index contributed by atoms with van der Waals surface area (Å²) in [5, 5.41) is 2.73. The standard InChI is InChI=1S/C19H15FN4O2/c20-13-5-6-15-17(11-13)24(19(26)16-4-2-9-23(15)16)10-7-18(25)22-14-3-1-8-21-12-14/h1-6,8-9,11-12H,7,10H2,(H,22,25). The first-order valence-electron chi connectivity index (χ1n) is 8.12. The van der Waals surface area contributed by atoms with Crippen molar-refractivity contribution in [2.45, 2.75) is 13.0 Å². The van der Waals surface area contributed by atoms with Gasteiger partial charge in [0.25, 0.3) is 5.56 Å². The average molecular weight is 350 g/mol. The molecule has 1 N–H and O–H groups in total. The smallest absolute Gasteiger partial charge is 0.275 e. The van der Waals surface area contributed by atoms with Crippen molar-refractivity contribution in [1.29, 1.82) is 0 Å². The Bertz CT molecular complexity index is 1160. The molecule has 130 valence electrons. The Morgan fingerprint density at radius 1 is 1.12 bits per heavy atom. The molecule has 0 saturated heterocycles. The monoisotopic (exact) mass is 350 g/mol. The Morgan fingerprint density at radius 2 is 2.00 bits per heavy atom. The highest BCUT2D eigenvalue weighted by molar-refractivity contribution is 5.90. The van der Waals surface area contributed by atoms with Gasteiger partial charge in [-0.15, -0.1) is 0 Å². The molecule has 3 heterocycles. The zero-order chi connectivity index (χ0) is 18.1. The molecule has 6 nitrogen and oxygen atoms in total. The van der Waals surface area contributed by atoms with Crippen LogP contribution in [0, 0.1) is 5.82 Å². The van der Waals surface area contributed by atoms with Crippen molar-refractivity contribution in [3.63, 3.8) is 0 Å². The number of rotatable bonds is 4. The van der Waals surface area contributed by atoms with E-state index in [0.29, 0.717) is 22.2 Å². The molecule has 0 saturated carbocycles. The number of amides is 1. The molecular weight excluding hydrogens is 335 g/mol. The van der Waals surface area contributed by atoms with Gasteiger partial charge in [-0.2, -0.15) is 0 Å². The highest BCUT2D eigenvalue weighted by Gasteiger charge is 2.12. The molecule has 1 aromatic carbocycles. The lowest BCUT2D eigenvalue weighted by Gasteiger charge is -2.13. The molecule has 0 aliphatic rings. The van der Waals surface area contributed by atoms with E-state index < -0.39 is 5.82 Å². The highest BCUT2D eigenvalue weighted by atomic mass is 19.1. The summed E-state index contributed by atoms with van der Waals surface area (Å²) in [5.74, 6) is -0.679. The van der Waals surface area contributed by atoms with Crippen molar-refractivity contribution in [1.82, 2.24) is 14.0 Å². The van der Waals surface area contributed by atoms with E-state index >= 15 is 0 Å². The maximum Gasteiger partial charge on any atom is 0.275 e. The van der Waals surface area contributed by atoms with E-state index in [0.717, 1.165) is 0 Å².